The van der Waals surface area contributed by atoms with E-state index in [0.29, 0.717) is 5.92 Å². The van der Waals surface area contributed by atoms with Gasteiger partial charge in [-0.2, -0.15) is 0 Å². The van der Waals surface area contributed by atoms with Crippen molar-refractivity contribution in [2.75, 3.05) is 9.80 Å². The molecule has 4 nitrogen and oxygen atoms in total. The summed E-state index contributed by atoms with van der Waals surface area (Å²) in [5.74, 6) is 1.27. The lowest BCUT2D eigenvalue weighted by Crippen LogP contribution is -2.45. The lowest BCUT2D eigenvalue weighted by atomic mass is 9.73. The molecule has 3 aliphatic heterocycles. The summed E-state index contributed by atoms with van der Waals surface area (Å²) >= 11 is 0. The molecule has 1 aromatic heterocycles. The molecule has 13 rings (SSSR count). The molecule has 3 aliphatic carbocycles. The first kappa shape index (κ1) is 48.8. The maximum Gasteiger partial charge on any atom is 0.149 e. The second-order valence-electron chi connectivity index (χ2n) is 27.9. The predicted molar refractivity (Wildman–Crippen MR) is 321 cm³/mol. The Kier molecular flexibility index (Phi) is 10.4. The van der Waals surface area contributed by atoms with Gasteiger partial charge in [-0.25, -0.2) is 0 Å². The molecule has 0 spiro atoms. The van der Waals surface area contributed by atoms with Crippen molar-refractivity contribution in [3.63, 3.8) is 0 Å². The summed E-state index contributed by atoms with van der Waals surface area (Å²) < 4.78 is 10.1. The molecular formula is C72H77N3O. The molecule has 0 radical (unpaired) electrons. The van der Waals surface area contributed by atoms with E-state index in [0.717, 1.165) is 12.2 Å². The molecule has 0 fully saturated rings. The van der Waals surface area contributed by atoms with Crippen molar-refractivity contribution < 1.29 is 4.74 Å². The van der Waals surface area contributed by atoms with Gasteiger partial charge in [-0.15, -0.1) is 0 Å². The summed E-state index contributed by atoms with van der Waals surface area (Å²) in [7, 11) is 0. The first-order valence-corrected chi connectivity index (χ1v) is 28.2. The molecule has 6 aliphatic rings. The summed E-state index contributed by atoms with van der Waals surface area (Å²) in [5.41, 5.74) is 27.4. The fourth-order valence-corrected chi connectivity index (χ4v) is 14.1. The van der Waals surface area contributed by atoms with E-state index in [1.165, 1.54) is 123 Å². The van der Waals surface area contributed by atoms with Gasteiger partial charge < -0.3 is 19.1 Å². The molecule has 0 N–H and O–H groups in total. The number of hydrogen-bond acceptors (Lipinski definition) is 3. The molecule has 6 aromatic carbocycles. The van der Waals surface area contributed by atoms with Crippen molar-refractivity contribution in [1.82, 2.24) is 4.57 Å². The van der Waals surface area contributed by atoms with Crippen LogP contribution in [0.4, 0.5) is 22.7 Å². The number of hydrogen-bond donors (Lipinski definition) is 0. The third-order valence-electron chi connectivity index (χ3n) is 18.4. The number of para-hydroxylation sites is 1. The van der Waals surface area contributed by atoms with Crippen molar-refractivity contribution in [1.29, 1.82) is 0 Å². The van der Waals surface area contributed by atoms with Crippen LogP contribution in [-0.4, -0.2) is 16.7 Å². The number of ether oxygens (including phenoxy) is 1. The first-order valence-electron chi connectivity index (χ1n) is 28.2. The van der Waals surface area contributed by atoms with Gasteiger partial charge in [0.25, 0.3) is 0 Å². The molecule has 4 heterocycles. The average molecular weight is 1000 g/mol. The zero-order valence-corrected chi connectivity index (χ0v) is 48.0. The fourth-order valence-electron chi connectivity index (χ4n) is 14.1. The molecule has 7 aromatic rings. The fraction of sp³-hybridized carbons (Fsp3) is 0.361. The van der Waals surface area contributed by atoms with E-state index >= 15 is 0 Å². The largest absolute Gasteiger partial charge is 0.483 e. The minimum Gasteiger partial charge on any atom is -0.483 e. The molecule has 4 atom stereocenters. The van der Waals surface area contributed by atoms with Crippen LogP contribution < -0.4 is 14.5 Å². The highest BCUT2D eigenvalue weighted by Gasteiger charge is 2.49. The number of anilines is 4. The van der Waals surface area contributed by atoms with Gasteiger partial charge >= 0.3 is 0 Å². The Morgan fingerprint density at radius 1 is 0.632 bits per heavy atom. The molecule has 386 valence electrons. The Labute approximate surface area is 453 Å². The number of nitrogens with zero attached hydrogens (tertiary/aromatic N) is 3. The van der Waals surface area contributed by atoms with Gasteiger partial charge in [0.05, 0.1) is 17.2 Å². The van der Waals surface area contributed by atoms with Crippen LogP contribution in [0.2, 0.25) is 0 Å². The third kappa shape index (κ3) is 7.07. The predicted octanol–water partition coefficient (Wildman–Crippen LogP) is 18.9. The van der Waals surface area contributed by atoms with Crippen LogP contribution in [0.1, 0.15) is 172 Å². The second-order valence-corrected chi connectivity index (χ2v) is 27.9. The Balaban J connectivity index is 1.10. The Hall–Kier alpha value is -6.78. The lowest BCUT2D eigenvalue weighted by Gasteiger charge is -2.47. The molecular weight excluding hydrogens is 923 g/mol. The maximum absolute atomic E-state index is 7.41. The van der Waals surface area contributed by atoms with Gasteiger partial charge in [0.1, 0.15) is 11.9 Å². The molecule has 0 saturated heterocycles. The van der Waals surface area contributed by atoms with Gasteiger partial charge in [0.15, 0.2) is 0 Å². The lowest BCUT2D eigenvalue weighted by molar-refractivity contribution is 0.257. The van der Waals surface area contributed by atoms with E-state index < -0.39 is 0 Å². The summed E-state index contributed by atoms with van der Waals surface area (Å²) in [6.45, 7) is 37.7. The number of rotatable bonds is 4. The van der Waals surface area contributed by atoms with Crippen molar-refractivity contribution in [3.8, 4) is 22.6 Å². The third-order valence-corrected chi connectivity index (χ3v) is 18.4. The van der Waals surface area contributed by atoms with E-state index in [2.05, 4.69) is 265 Å². The molecule has 4 heteroatoms. The summed E-state index contributed by atoms with van der Waals surface area (Å²) in [5, 5.41) is 1.34. The summed E-state index contributed by atoms with van der Waals surface area (Å²) in [4.78, 5) is 5.34. The van der Waals surface area contributed by atoms with Crippen LogP contribution in [0.3, 0.4) is 0 Å². The van der Waals surface area contributed by atoms with Crippen LogP contribution >= 0.6 is 0 Å². The van der Waals surface area contributed by atoms with Crippen LogP contribution in [0.25, 0.3) is 33.3 Å². The molecule has 76 heavy (non-hydrogen) atoms. The van der Waals surface area contributed by atoms with Gasteiger partial charge in [-0.1, -0.05) is 207 Å². The Morgan fingerprint density at radius 3 is 2.05 bits per heavy atom. The Bertz CT molecular complexity index is 3780. The summed E-state index contributed by atoms with van der Waals surface area (Å²) in [6.07, 6.45) is 12.7. The number of aryl methyl sites for hydroxylation is 1. The van der Waals surface area contributed by atoms with E-state index in [1.54, 1.807) is 0 Å². The normalized spacial score (nSPS) is 20.7. The first-order chi connectivity index (χ1) is 35.8. The quantitative estimate of drug-likeness (QED) is 0.175. The highest BCUT2D eigenvalue weighted by molar-refractivity contribution is 6.07. The molecule has 0 bridgehead atoms. The van der Waals surface area contributed by atoms with Crippen LogP contribution in [0.5, 0.6) is 5.75 Å². The number of benzene rings is 6. The van der Waals surface area contributed by atoms with E-state index in [-0.39, 0.29) is 45.1 Å². The van der Waals surface area contributed by atoms with Gasteiger partial charge in [-0.3, -0.25) is 0 Å². The smallest absolute Gasteiger partial charge is 0.149 e. The zero-order valence-electron chi connectivity index (χ0n) is 48.0. The second kappa shape index (κ2) is 16.1. The van der Waals surface area contributed by atoms with Crippen LogP contribution in [-0.2, 0) is 21.7 Å². The van der Waals surface area contributed by atoms with Gasteiger partial charge in [0, 0.05) is 79.0 Å². The van der Waals surface area contributed by atoms with Crippen molar-refractivity contribution >= 4 is 39.2 Å². The van der Waals surface area contributed by atoms with Crippen LogP contribution in [0.15, 0.2) is 151 Å². The number of allylic oxidation sites excluding steroid dienone is 6. The minimum atomic E-state index is -0.227. The SMILES string of the molecule is Cc1cc(C(C)(C)C)ccc1N(C1=CC=C(C(C)(C)C)CC1C)c1ccc2c(c1)N(C1C=CC=C3c4ccc(C(C)(C)C)cc4OC31)c1cc(C(C)(C)C)cc3c1C2c1cccc2c4c(n-3c12)C(C)(C)c1ccccc1-4. The highest BCUT2D eigenvalue weighted by atomic mass is 16.5. The van der Waals surface area contributed by atoms with Crippen molar-refractivity contribution in [2.45, 2.75) is 157 Å². The number of fused-ring (bicyclic) bond motifs is 12. The van der Waals surface area contributed by atoms with E-state index in [9.17, 15) is 0 Å². The monoisotopic (exact) mass is 1000 g/mol. The maximum atomic E-state index is 7.41. The molecule has 0 saturated carbocycles. The van der Waals surface area contributed by atoms with E-state index in [1.807, 2.05) is 0 Å². The van der Waals surface area contributed by atoms with Crippen molar-refractivity contribution in [2.24, 2.45) is 11.3 Å². The van der Waals surface area contributed by atoms with Crippen molar-refractivity contribution in [3.05, 3.63) is 207 Å². The minimum absolute atomic E-state index is 0.00567. The van der Waals surface area contributed by atoms with Gasteiger partial charge in [0.2, 0.25) is 0 Å². The average Bonchev–Trinajstić information content (AvgIpc) is 4.05. The zero-order chi connectivity index (χ0) is 53.5. The summed E-state index contributed by atoms with van der Waals surface area (Å²) in [6, 6.07) is 43.0. The molecule has 0 amide bonds. The van der Waals surface area contributed by atoms with E-state index in [4.69, 9.17) is 4.74 Å². The van der Waals surface area contributed by atoms with Gasteiger partial charge in [-0.05, 0) is 122 Å². The Morgan fingerprint density at radius 2 is 1.34 bits per heavy atom. The van der Waals surface area contributed by atoms with Crippen LogP contribution in [0, 0.1) is 18.3 Å². The number of aromatic nitrogens is 1. The topological polar surface area (TPSA) is 20.6 Å². The standard InChI is InChI=1S/C72H77N3O/c1-41-35-43(68(3,4)5)28-33-55(41)73(56-34-29-44(36-42(56)2)69(6,7)8)47-30-32-51-58(40-47)74(57-26-20-22-49-48-31-27-45(70(9,10)11)39-61(48)76-66(49)57)59-37-46(71(12,13)14)38-60-64(59)62(51)52-23-19-24-53-63-50-21-17-18-25-54(50)72(15,16)67(63)75(60)65(52)53/h17-35,37-40,42,57,62,66H,36H2,1-16H3. The highest BCUT2D eigenvalue weighted by Crippen LogP contribution is 2.62. The molecule has 4 unspecified atom stereocenters.